The largest absolute Gasteiger partial charge is 0.378 e. The monoisotopic (exact) mass is 394 g/mol. The summed E-state index contributed by atoms with van der Waals surface area (Å²) < 4.78 is 1.96. The molecule has 9 nitrogen and oxygen atoms in total. The van der Waals surface area contributed by atoms with Crippen molar-refractivity contribution < 1.29 is 14.4 Å². The van der Waals surface area contributed by atoms with Crippen LogP contribution in [-0.4, -0.2) is 51.5 Å². The molecule has 9 heteroatoms. The molecule has 1 aromatic carbocycles. The van der Waals surface area contributed by atoms with Gasteiger partial charge in [0.05, 0.1) is 17.9 Å². The highest BCUT2D eigenvalue weighted by Gasteiger charge is 2.39. The summed E-state index contributed by atoms with van der Waals surface area (Å²) in [6, 6.07) is 5.66. The van der Waals surface area contributed by atoms with E-state index in [-0.39, 0.29) is 24.1 Å². The predicted octanol–water partition coefficient (Wildman–Crippen LogP) is 0.401. The number of aromatic nitrogens is 2. The number of benzene rings is 1. The lowest BCUT2D eigenvalue weighted by atomic mass is 10.0. The third-order valence-electron chi connectivity index (χ3n) is 5.82. The lowest BCUT2D eigenvalue weighted by Crippen LogP contribution is -2.52. The van der Waals surface area contributed by atoms with Gasteiger partial charge in [-0.15, -0.1) is 0 Å². The Morgan fingerprint density at radius 1 is 1.21 bits per heavy atom. The van der Waals surface area contributed by atoms with Gasteiger partial charge in [0.1, 0.15) is 6.04 Å². The lowest BCUT2D eigenvalue weighted by Gasteiger charge is -2.29. The summed E-state index contributed by atoms with van der Waals surface area (Å²) in [5, 5.41) is 13.3. The summed E-state index contributed by atoms with van der Waals surface area (Å²) in [5.41, 5.74) is 3.47. The van der Waals surface area contributed by atoms with Gasteiger partial charge in [-0.1, -0.05) is 12.1 Å². The molecule has 1 aromatic heterocycles. The topological polar surface area (TPSA) is 108 Å². The van der Waals surface area contributed by atoms with Crippen LogP contribution in [0.3, 0.4) is 0 Å². The second-order valence-electron chi connectivity index (χ2n) is 7.77. The molecule has 0 spiro atoms. The zero-order valence-electron chi connectivity index (χ0n) is 15.9. The summed E-state index contributed by atoms with van der Waals surface area (Å²) in [6.07, 6.45) is 4.44. The fourth-order valence-electron chi connectivity index (χ4n) is 4.01. The molecule has 5 rings (SSSR count). The predicted molar refractivity (Wildman–Crippen MR) is 104 cm³/mol. The van der Waals surface area contributed by atoms with Gasteiger partial charge in [0.25, 0.3) is 5.91 Å². The van der Waals surface area contributed by atoms with Gasteiger partial charge in [-0.05, 0) is 23.6 Å². The molecule has 0 radical (unpaired) electrons. The van der Waals surface area contributed by atoms with Crippen LogP contribution in [0.2, 0.25) is 0 Å². The fourth-order valence-corrected chi connectivity index (χ4v) is 4.01. The average Bonchev–Trinajstić information content (AvgIpc) is 3.24. The van der Waals surface area contributed by atoms with Crippen LogP contribution in [0.1, 0.15) is 40.4 Å². The molecule has 29 heavy (non-hydrogen) atoms. The van der Waals surface area contributed by atoms with Crippen molar-refractivity contribution in [2.24, 2.45) is 0 Å². The second-order valence-corrected chi connectivity index (χ2v) is 7.77. The Kier molecular flexibility index (Phi) is 4.31. The summed E-state index contributed by atoms with van der Waals surface area (Å²) in [6.45, 7) is 2.86. The number of carbonyl (C=O) groups excluding carboxylic acids is 3. The standard InChI is InChI=1S/C20H22N6O3/c27-18-4-3-17(19(28)24-18)25-10-13-2-1-12(5-16(13)20(25)29)6-22-14-7-23-26(11-14)15-8-21-9-15/h1-2,5,7,11,15,17,21-22H,3-4,6,8-10H2,(H,24,27,28). The van der Waals surface area contributed by atoms with Gasteiger partial charge in [-0.25, -0.2) is 0 Å². The number of hydrogen-bond acceptors (Lipinski definition) is 6. The van der Waals surface area contributed by atoms with E-state index in [9.17, 15) is 14.4 Å². The maximum atomic E-state index is 12.9. The van der Waals surface area contributed by atoms with E-state index in [0.717, 1.165) is 29.9 Å². The van der Waals surface area contributed by atoms with E-state index in [1.807, 2.05) is 35.3 Å². The van der Waals surface area contributed by atoms with Crippen LogP contribution in [0.5, 0.6) is 0 Å². The zero-order chi connectivity index (χ0) is 20.0. The average molecular weight is 394 g/mol. The van der Waals surface area contributed by atoms with Crippen LogP contribution >= 0.6 is 0 Å². The minimum absolute atomic E-state index is 0.151. The SMILES string of the molecule is O=C1CCC(N2Cc3ccc(CNc4cnn(C5CNC5)c4)cc3C2=O)C(=O)N1. The minimum atomic E-state index is -0.582. The first kappa shape index (κ1) is 17.9. The smallest absolute Gasteiger partial charge is 0.255 e. The van der Waals surface area contributed by atoms with Crippen LogP contribution in [0.15, 0.2) is 30.6 Å². The molecular weight excluding hydrogens is 372 g/mol. The number of rotatable bonds is 5. The van der Waals surface area contributed by atoms with Gasteiger partial charge >= 0.3 is 0 Å². The summed E-state index contributed by atoms with van der Waals surface area (Å²) in [7, 11) is 0. The number of piperidine rings is 1. The molecule has 1 unspecified atom stereocenters. The maximum absolute atomic E-state index is 12.9. The fraction of sp³-hybridized carbons (Fsp3) is 0.400. The van der Waals surface area contributed by atoms with Crippen molar-refractivity contribution in [3.8, 4) is 0 Å². The highest BCUT2D eigenvalue weighted by atomic mass is 16.2. The Morgan fingerprint density at radius 2 is 2.07 bits per heavy atom. The number of anilines is 1. The zero-order valence-corrected chi connectivity index (χ0v) is 15.9. The maximum Gasteiger partial charge on any atom is 0.255 e. The molecule has 0 bridgehead atoms. The van der Waals surface area contributed by atoms with E-state index >= 15 is 0 Å². The molecule has 2 fully saturated rings. The number of hydrogen-bond donors (Lipinski definition) is 3. The van der Waals surface area contributed by atoms with Crippen molar-refractivity contribution in [1.82, 2.24) is 25.3 Å². The van der Waals surface area contributed by atoms with Gasteiger partial charge in [-0.2, -0.15) is 5.10 Å². The number of nitrogens with zero attached hydrogens (tertiary/aromatic N) is 3. The number of carbonyl (C=O) groups is 3. The van der Waals surface area contributed by atoms with Gasteiger partial charge in [0.15, 0.2) is 0 Å². The second kappa shape index (κ2) is 7.00. The molecule has 3 aliphatic rings. The Balaban J connectivity index is 1.26. The molecule has 3 N–H and O–H groups in total. The molecule has 2 saturated heterocycles. The minimum Gasteiger partial charge on any atom is -0.378 e. The first-order chi connectivity index (χ1) is 14.1. The molecule has 1 atom stereocenters. The van der Waals surface area contributed by atoms with E-state index < -0.39 is 6.04 Å². The summed E-state index contributed by atoms with van der Waals surface area (Å²) in [5.74, 6) is -0.815. The summed E-state index contributed by atoms with van der Waals surface area (Å²) in [4.78, 5) is 38.0. The molecule has 3 amide bonds. The third-order valence-corrected chi connectivity index (χ3v) is 5.82. The van der Waals surface area contributed by atoms with Gasteiger partial charge in [0.2, 0.25) is 11.8 Å². The summed E-state index contributed by atoms with van der Waals surface area (Å²) >= 11 is 0. The Bertz CT molecular complexity index is 996. The van der Waals surface area contributed by atoms with Crippen LogP contribution in [0, 0.1) is 0 Å². The van der Waals surface area contributed by atoms with E-state index in [1.54, 1.807) is 4.90 Å². The van der Waals surface area contributed by atoms with Gasteiger partial charge in [-0.3, -0.25) is 24.4 Å². The first-order valence-electron chi connectivity index (χ1n) is 9.84. The van der Waals surface area contributed by atoms with Crippen molar-refractivity contribution in [3.05, 3.63) is 47.3 Å². The molecule has 4 heterocycles. The van der Waals surface area contributed by atoms with Crippen molar-refractivity contribution in [2.75, 3.05) is 18.4 Å². The normalized spacial score (nSPS) is 21.7. The van der Waals surface area contributed by atoms with Crippen molar-refractivity contribution in [3.63, 3.8) is 0 Å². The molecule has 0 aliphatic carbocycles. The van der Waals surface area contributed by atoms with Gasteiger partial charge < -0.3 is 15.5 Å². The Morgan fingerprint density at radius 3 is 2.83 bits per heavy atom. The van der Waals surface area contributed by atoms with Crippen LogP contribution < -0.4 is 16.0 Å². The molecule has 2 aromatic rings. The molecule has 150 valence electrons. The lowest BCUT2D eigenvalue weighted by molar-refractivity contribution is -0.136. The van der Waals surface area contributed by atoms with Crippen molar-refractivity contribution >= 4 is 23.4 Å². The Labute approximate surface area is 167 Å². The molecular formula is C20H22N6O3. The van der Waals surface area contributed by atoms with Crippen molar-refractivity contribution in [1.29, 1.82) is 0 Å². The van der Waals surface area contributed by atoms with E-state index in [0.29, 0.717) is 31.1 Å². The first-order valence-corrected chi connectivity index (χ1v) is 9.84. The van der Waals surface area contributed by atoms with Crippen LogP contribution in [0.4, 0.5) is 5.69 Å². The third kappa shape index (κ3) is 3.27. The number of amides is 3. The molecule has 3 aliphatic heterocycles. The highest BCUT2D eigenvalue weighted by molar-refractivity contribution is 6.05. The van der Waals surface area contributed by atoms with Crippen LogP contribution in [-0.2, 0) is 22.7 Å². The van der Waals surface area contributed by atoms with Crippen molar-refractivity contribution in [2.45, 2.75) is 38.0 Å². The highest BCUT2D eigenvalue weighted by Crippen LogP contribution is 2.28. The Hall–Kier alpha value is -3.20. The van der Waals surface area contributed by atoms with E-state index in [1.165, 1.54) is 0 Å². The number of nitrogens with one attached hydrogen (secondary N) is 3. The van der Waals surface area contributed by atoms with E-state index in [2.05, 4.69) is 21.0 Å². The molecule has 0 saturated carbocycles. The van der Waals surface area contributed by atoms with E-state index in [4.69, 9.17) is 0 Å². The quantitative estimate of drug-likeness (QED) is 0.634. The number of fused-ring (bicyclic) bond motifs is 1. The van der Waals surface area contributed by atoms with Gasteiger partial charge in [0, 0.05) is 44.4 Å². The number of imide groups is 1. The van der Waals surface area contributed by atoms with Crippen LogP contribution in [0.25, 0.3) is 0 Å².